The summed E-state index contributed by atoms with van der Waals surface area (Å²) in [7, 11) is 1.55. The van der Waals surface area contributed by atoms with Gasteiger partial charge in [0.05, 0.1) is 0 Å². The van der Waals surface area contributed by atoms with Gasteiger partial charge >= 0.3 is 27.2 Å². The first kappa shape index (κ1) is 2.59. The Morgan fingerprint density at radius 2 is 2.00 bits per heavy atom. The van der Waals surface area contributed by atoms with Gasteiger partial charge in [0, 0.05) is 0 Å². The summed E-state index contributed by atoms with van der Waals surface area (Å²) >= 11 is 0. The van der Waals surface area contributed by atoms with Crippen LogP contribution in [0.5, 0.6) is 0 Å². The third-order valence-corrected chi connectivity index (χ3v) is 1.55. The molecule has 1 aliphatic heterocycles. The van der Waals surface area contributed by atoms with Crippen LogP contribution < -0.4 is 0 Å². The Morgan fingerprint density at radius 3 is 2.00 bits per heavy atom. The zero-order valence-corrected chi connectivity index (χ0v) is 3.33. The van der Waals surface area contributed by atoms with Crippen LogP contribution in [0.15, 0.2) is 0 Å². The predicted octanol–water partition coefficient (Wildman–Crippen LogP) is 0.984. The summed E-state index contributed by atoms with van der Waals surface area (Å²) in [6, 6.07) is 0. The zero-order chi connectivity index (χ0) is 2.83. The van der Waals surface area contributed by atoms with E-state index in [0.29, 0.717) is 0 Å². The molecule has 1 heterocycles. The van der Waals surface area contributed by atoms with Crippen molar-refractivity contribution in [3.63, 3.8) is 0 Å². The van der Waals surface area contributed by atoms with E-state index in [2.05, 4.69) is 6.62 Å². The maximum absolute atomic E-state index is 2.28. The van der Waals surface area contributed by atoms with E-state index < -0.39 is 0 Å². The molecule has 1 rings (SSSR count). The van der Waals surface area contributed by atoms with E-state index in [1.165, 1.54) is 12.5 Å². The van der Waals surface area contributed by atoms with Crippen molar-refractivity contribution in [2.45, 2.75) is 6.32 Å². The van der Waals surface area contributed by atoms with Crippen LogP contribution >= 0.6 is 8.07 Å². The minimum atomic E-state index is 1.36. The first-order valence-electron chi connectivity index (χ1n) is 1.48. The average molecular weight is 69.8 g/mol. The number of rotatable bonds is 0. The molecule has 0 saturated carbocycles. The molecular formula is C2H4BP. The van der Waals surface area contributed by atoms with Crippen LogP contribution in [0.1, 0.15) is 0 Å². The fourth-order valence-electron chi connectivity index (χ4n) is 0.129. The SMILES string of the molecule is B1=PCC1. The zero-order valence-electron chi connectivity index (χ0n) is 2.44. The second kappa shape index (κ2) is 0.988. The normalized spacial score (nSPS) is 22.0. The molecular weight excluding hydrogens is 65.8 g/mol. The summed E-state index contributed by atoms with van der Waals surface area (Å²) in [4.78, 5) is 0. The van der Waals surface area contributed by atoms with E-state index in [4.69, 9.17) is 0 Å². The van der Waals surface area contributed by atoms with Gasteiger partial charge in [0.2, 0.25) is 0 Å². The molecule has 1 aliphatic rings. The van der Waals surface area contributed by atoms with E-state index in [0.717, 1.165) is 0 Å². The Kier molecular flexibility index (Phi) is 0.641. The second-order valence-corrected chi connectivity index (χ2v) is 2.05. The van der Waals surface area contributed by atoms with Crippen LogP contribution in [0.4, 0.5) is 0 Å². The topological polar surface area (TPSA) is 0 Å². The van der Waals surface area contributed by atoms with Gasteiger partial charge in [-0.1, -0.05) is 0 Å². The molecule has 20 valence electrons. The van der Waals surface area contributed by atoms with Crippen molar-refractivity contribution in [3.05, 3.63) is 0 Å². The van der Waals surface area contributed by atoms with Gasteiger partial charge in [0.25, 0.3) is 0 Å². The molecule has 2 heteroatoms. The van der Waals surface area contributed by atoms with Crippen LogP contribution in [-0.4, -0.2) is 12.8 Å². The van der Waals surface area contributed by atoms with Crippen molar-refractivity contribution in [1.29, 1.82) is 0 Å². The van der Waals surface area contributed by atoms with Crippen molar-refractivity contribution in [2.24, 2.45) is 0 Å². The monoisotopic (exact) mass is 70.0 g/mol. The fourth-order valence-corrected chi connectivity index (χ4v) is 0.387. The van der Waals surface area contributed by atoms with Gasteiger partial charge in [-0.15, -0.1) is 0 Å². The van der Waals surface area contributed by atoms with Crippen molar-refractivity contribution in [3.8, 4) is 0 Å². The summed E-state index contributed by atoms with van der Waals surface area (Å²) < 4.78 is 0. The van der Waals surface area contributed by atoms with Crippen LogP contribution in [0.3, 0.4) is 0 Å². The predicted molar refractivity (Wildman–Crippen MR) is 22.3 cm³/mol. The molecule has 0 saturated heterocycles. The van der Waals surface area contributed by atoms with Gasteiger partial charge in [-0.2, -0.15) is 0 Å². The number of hydrogen-bond acceptors (Lipinski definition) is 0. The van der Waals surface area contributed by atoms with Crippen LogP contribution in [0.25, 0.3) is 0 Å². The van der Waals surface area contributed by atoms with Gasteiger partial charge in [-0.05, 0) is 0 Å². The van der Waals surface area contributed by atoms with Crippen LogP contribution in [0, 0.1) is 0 Å². The van der Waals surface area contributed by atoms with Crippen LogP contribution in [-0.2, 0) is 0 Å². The molecule has 0 aromatic heterocycles. The molecule has 0 radical (unpaired) electrons. The molecule has 0 fully saturated rings. The molecule has 0 nitrogen and oxygen atoms in total. The summed E-state index contributed by atoms with van der Waals surface area (Å²) in [5, 5.41) is 0. The fraction of sp³-hybridized carbons (Fsp3) is 1.00. The second-order valence-electron chi connectivity index (χ2n) is 0.877. The first-order chi connectivity index (χ1) is 2.00. The summed E-state index contributed by atoms with van der Waals surface area (Å²) in [5.74, 6) is 0. The van der Waals surface area contributed by atoms with Crippen molar-refractivity contribution in [1.82, 2.24) is 0 Å². The molecule has 0 atom stereocenters. The third-order valence-electron chi connectivity index (χ3n) is 0.516. The van der Waals surface area contributed by atoms with E-state index in [1.54, 1.807) is 8.07 Å². The van der Waals surface area contributed by atoms with Gasteiger partial charge in [-0.25, -0.2) is 0 Å². The van der Waals surface area contributed by atoms with E-state index in [-0.39, 0.29) is 0 Å². The van der Waals surface area contributed by atoms with Gasteiger partial charge in [0.15, 0.2) is 0 Å². The molecule has 0 spiro atoms. The quantitative estimate of drug-likeness (QED) is 0.294. The third kappa shape index (κ3) is 0.231. The average Bonchev–Trinajstić information content (AvgIpc) is 0.722. The minimum absolute atomic E-state index is 1.36. The molecule has 0 aromatic rings. The Morgan fingerprint density at radius 1 is 1.75 bits per heavy atom. The molecule has 0 unspecified atom stereocenters. The molecule has 0 N–H and O–H groups in total. The molecule has 0 amide bonds. The molecule has 0 aliphatic carbocycles. The van der Waals surface area contributed by atoms with Gasteiger partial charge in [-0.3, -0.25) is 0 Å². The molecule has 4 heavy (non-hydrogen) atoms. The summed E-state index contributed by atoms with van der Waals surface area (Å²) in [6.07, 6.45) is 2.78. The van der Waals surface area contributed by atoms with Gasteiger partial charge in [0.1, 0.15) is 0 Å². The van der Waals surface area contributed by atoms with E-state index >= 15 is 0 Å². The van der Waals surface area contributed by atoms with Gasteiger partial charge < -0.3 is 0 Å². The molecule has 0 aromatic carbocycles. The number of hydrogen-bond donors (Lipinski definition) is 0. The van der Waals surface area contributed by atoms with Crippen molar-refractivity contribution >= 4 is 14.7 Å². The first-order valence-corrected chi connectivity index (χ1v) is 2.63. The summed E-state index contributed by atoms with van der Waals surface area (Å²) in [6.45, 7) is 2.28. The van der Waals surface area contributed by atoms with Crippen molar-refractivity contribution in [2.75, 3.05) is 6.16 Å². The Hall–Kier alpha value is 0.365. The summed E-state index contributed by atoms with van der Waals surface area (Å²) in [5.41, 5.74) is 0. The Balaban J connectivity index is 2.47. The van der Waals surface area contributed by atoms with E-state index in [1.807, 2.05) is 0 Å². The maximum atomic E-state index is 2.28. The van der Waals surface area contributed by atoms with E-state index in [9.17, 15) is 0 Å². The molecule has 0 bridgehead atoms. The van der Waals surface area contributed by atoms with Crippen LogP contribution in [0.2, 0.25) is 6.32 Å². The standard InChI is InChI=1S/C2H4BP/c1-2-4-3-1/h1-2H2. The Labute approximate surface area is 28.2 Å². The van der Waals surface area contributed by atoms with Crippen molar-refractivity contribution < 1.29 is 0 Å². The Bertz CT molecular complexity index is 35.3.